The van der Waals surface area contributed by atoms with Gasteiger partial charge in [-0.2, -0.15) is 0 Å². The fourth-order valence-corrected chi connectivity index (χ4v) is 1.95. The number of benzene rings is 1. The number of hydrogen-bond acceptors (Lipinski definition) is 4. The quantitative estimate of drug-likeness (QED) is 0.774. The van der Waals surface area contributed by atoms with E-state index in [1.165, 1.54) is 7.11 Å². The van der Waals surface area contributed by atoms with E-state index in [2.05, 4.69) is 5.32 Å². The molecule has 1 N–H and O–H groups in total. The number of carbonyl (C=O) groups is 2. The SMILES string of the molecule is CCCC(C)(NC(=O)COc1ccccc1)C(=O)OC. The number of methoxy groups -OCH3 is 1. The summed E-state index contributed by atoms with van der Waals surface area (Å²) in [5.74, 6) is -0.194. The molecule has 1 aromatic rings. The van der Waals surface area contributed by atoms with Crippen LogP contribution < -0.4 is 10.1 Å². The van der Waals surface area contributed by atoms with E-state index in [-0.39, 0.29) is 12.5 Å². The van der Waals surface area contributed by atoms with E-state index < -0.39 is 11.5 Å². The Kier molecular flexibility index (Phi) is 6.03. The molecule has 1 unspecified atom stereocenters. The molecular formula is C15H21NO4. The molecule has 0 aromatic heterocycles. The van der Waals surface area contributed by atoms with Crippen molar-refractivity contribution in [1.82, 2.24) is 5.32 Å². The van der Waals surface area contributed by atoms with E-state index in [4.69, 9.17) is 9.47 Å². The van der Waals surface area contributed by atoms with Gasteiger partial charge in [-0.3, -0.25) is 4.79 Å². The average Bonchev–Trinajstić information content (AvgIpc) is 2.45. The normalized spacial score (nSPS) is 13.2. The fourth-order valence-electron chi connectivity index (χ4n) is 1.95. The summed E-state index contributed by atoms with van der Waals surface area (Å²) in [6.07, 6.45) is 1.27. The third-order valence-electron chi connectivity index (χ3n) is 2.91. The predicted molar refractivity (Wildman–Crippen MR) is 75.4 cm³/mol. The van der Waals surface area contributed by atoms with Crippen LogP contribution in [0.5, 0.6) is 5.75 Å². The smallest absolute Gasteiger partial charge is 0.331 e. The molecule has 0 aliphatic carbocycles. The highest BCUT2D eigenvalue weighted by Gasteiger charge is 2.35. The van der Waals surface area contributed by atoms with Crippen LogP contribution >= 0.6 is 0 Å². The van der Waals surface area contributed by atoms with Gasteiger partial charge in [0.05, 0.1) is 7.11 Å². The predicted octanol–water partition coefficient (Wildman–Crippen LogP) is 1.91. The van der Waals surface area contributed by atoms with Crippen molar-refractivity contribution in [2.45, 2.75) is 32.2 Å². The van der Waals surface area contributed by atoms with Gasteiger partial charge in [0, 0.05) is 0 Å². The Hall–Kier alpha value is -2.04. The maximum Gasteiger partial charge on any atom is 0.331 e. The van der Waals surface area contributed by atoms with Crippen molar-refractivity contribution in [3.8, 4) is 5.75 Å². The van der Waals surface area contributed by atoms with E-state index in [1.807, 2.05) is 25.1 Å². The maximum atomic E-state index is 11.9. The van der Waals surface area contributed by atoms with Crippen molar-refractivity contribution < 1.29 is 19.1 Å². The van der Waals surface area contributed by atoms with Crippen LogP contribution in [0.1, 0.15) is 26.7 Å². The van der Waals surface area contributed by atoms with Crippen LogP contribution in [0.15, 0.2) is 30.3 Å². The minimum atomic E-state index is -1.01. The van der Waals surface area contributed by atoms with Crippen LogP contribution in [0.2, 0.25) is 0 Å². The first-order valence-electron chi connectivity index (χ1n) is 6.59. The molecule has 1 atom stereocenters. The Morgan fingerprint density at radius 3 is 2.45 bits per heavy atom. The molecule has 0 saturated carbocycles. The highest BCUT2D eigenvalue weighted by molar-refractivity contribution is 5.88. The van der Waals surface area contributed by atoms with Crippen LogP contribution in [0.3, 0.4) is 0 Å². The minimum absolute atomic E-state index is 0.139. The molecule has 110 valence electrons. The van der Waals surface area contributed by atoms with Gasteiger partial charge in [-0.05, 0) is 25.5 Å². The number of rotatable bonds is 7. The van der Waals surface area contributed by atoms with Crippen molar-refractivity contribution >= 4 is 11.9 Å². The molecule has 20 heavy (non-hydrogen) atoms. The highest BCUT2D eigenvalue weighted by Crippen LogP contribution is 2.14. The van der Waals surface area contributed by atoms with Crippen LogP contribution in [-0.2, 0) is 14.3 Å². The maximum absolute atomic E-state index is 11.9. The van der Waals surface area contributed by atoms with Crippen LogP contribution in [0, 0.1) is 0 Å². The molecule has 1 amide bonds. The molecule has 0 bridgehead atoms. The molecule has 0 fully saturated rings. The lowest BCUT2D eigenvalue weighted by atomic mass is 9.96. The van der Waals surface area contributed by atoms with Gasteiger partial charge in [0.1, 0.15) is 11.3 Å². The third-order valence-corrected chi connectivity index (χ3v) is 2.91. The van der Waals surface area contributed by atoms with Gasteiger partial charge in [-0.25, -0.2) is 4.79 Å². The second-order valence-electron chi connectivity index (χ2n) is 4.72. The van der Waals surface area contributed by atoms with Crippen molar-refractivity contribution in [2.24, 2.45) is 0 Å². The minimum Gasteiger partial charge on any atom is -0.484 e. The average molecular weight is 279 g/mol. The Labute approximate surface area is 119 Å². The highest BCUT2D eigenvalue weighted by atomic mass is 16.5. The lowest BCUT2D eigenvalue weighted by molar-refractivity contribution is -0.150. The Bertz CT molecular complexity index is 446. The van der Waals surface area contributed by atoms with E-state index in [1.54, 1.807) is 19.1 Å². The summed E-state index contributed by atoms with van der Waals surface area (Å²) in [7, 11) is 1.31. The first-order chi connectivity index (χ1) is 9.51. The zero-order valence-corrected chi connectivity index (χ0v) is 12.1. The van der Waals surface area contributed by atoms with Gasteiger partial charge in [0.15, 0.2) is 6.61 Å². The standard InChI is InChI=1S/C15H21NO4/c1-4-10-15(2,14(18)19-3)16-13(17)11-20-12-8-6-5-7-9-12/h5-9H,4,10-11H2,1-3H3,(H,16,17). The van der Waals surface area contributed by atoms with Gasteiger partial charge in [0.2, 0.25) is 0 Å². The first kappa shape index (κ1) is 16.0. The second-order valence-corrected chi connectivity index (χ2v) is 4.72. The largest absolute Gasteiger partial charge is 0.484 e. The summed E-state index contributed by atoms with van der Waals surface area (Å²) in [5.41, 5.74) is -1.01. The van der Waals surface area contributed by atoms with Gasteiger partial charge in [0.25, 0.3) is 5.91 Å². The van der Waals surface area contributed by atoms with Crippen LogP contribution in [-0.4, -0.2) is 31.1 Å². The van der Waals surface area contributed by atoms with Crippen molar-refractivity contribution in [2.75, 3.05) is 13.7 Å². The number of carbonyl (C=O) groups excluding carboxylic acids is 2. The lowest BCUT2D eigenvalue weighted by Crippen LogP contribution is -2.53. The van der Waals surface area contributed by atoms with E-state index in [0.717, 1.165) is 6.42 Å². The first-order valence-corrected chi connectivity index (χ1v) is 6.59. The van der Waals surface area contributed by atoms with E-state index >= 15 is 0 Å². The topological polar surface area (TPSA) is 64.6 Å². The third kappa shape index (κ3) is 4.57. The molecule has 0 spiro atoms. The van der Waals surface area contributed by atoms with Crippen molar-refractivity contribution in [3.05, 3.63) is 30.3 Å². The number of hydrogen-bond donors (Lipinski definition) is 1. The molecule has 5 heteroatoms. The monoisotopic (exact) mass is 279 g/mol. The van der Waals surface area contributed by atoms with E-state index in [9.17, 15) is 9.59 Å². The number of amides is 1. The van der Waals surface area contributed by atoms with Gasteiger partial charge >= 0.3 is 5.97 Å². The molecule has 1 aromatic carbocycles. The van der Waals surface area contributed by atoms with Crippen molar-refractivity contribution in [3.63, 3.8) is 0 Å². The van der Waals surface area contributed by atoms with E-state index in [0.29, 0.717) is 12.2 Å². The van der Waals surface area contributed by atoms with Crippen molar-refractivity contribution in [1.29, 1.82) is 0 Å². The van der Waals surface area contributed by atoms with Gasteiger partial charge in [-0.15, -0.1) is 0 Å². The molecule has 0 aliphatic rings. The Balaban J connectivity index is 2.56. The molecule has 0 saturated heterocycles. The molecule has 0 aliphatic heterocycles. The van der Waals surface area contributed by atoms with Crippen LogP contribution in [0.25, 0.3) is 0 Å². The number of ether oxygens (including phenoxy) is 2. The molecule has 1 rings (SSSR count). The number of esters is 1. The molecule has 5 nitrogen and oxygen atoms in total. The lowest BCUT2D eigenvalue weighted by Gasteiger charge is -2.27. The van der Waals surface area contributed by atoms with Gasteiger partial charge in [-0.1, -0.05) is 31.5 Å². The number of para-hydroxylation sites is 1. The summed E-state index contributed by atoms with van der Waals surface area (Å²) in [4.78, 5) is 23.6. The summed E-state index contributed by atoms with van der Waals surface area (Å²) in [6, 6.07) is 9.03. The Morgan fingerprint density at radius 2 is 1.90 bits per heavy atom. The summed E-state index contributed by atoms with van der Waals surface area (Å²) < 4.78 is 10.1. The summed E-state index contributed by atoms with van der Waals surface area (Å²) in [6.45, 7) is 3.46. The molecule has 0 radical (unpaired) electrons. The summed E-state index contributed by atoms with van der Waals surface area (Å²) in [5, 5.41) is 2.68. The second kappa shape index (κ2) is 7.53. The number of nitrogens with one attached hydrogen (secondary N) is 1. The van der Waals surface area contributed by atoms with Crippen LogP contribution in [0.4, 0.5) is 0 Å². The van der Waals surface area contributed by atoms with Gasteiger partial charge < -0.3 is 14.8 Å². The zero-order valence-electron chi connectivity index (χ0n) is 12.1. The zero-order chi connectivity index (χ0) is 15.0. The summed E-state index contributed by atoms with van der Waals surface area (Å²) >= 11 is 0. The fraction of sp³-hybridized carbons (Fsp3) is 0.467. The molecular weight excluding hydrogens is 258 g/mol. The Morgan fingerprint density at radius 1 is 1.25 bits per heavy atom. The molecule has 0 heterocycles.